The van der Waals surface area contributed by atoms with E-state index in [2.05, 4.69) is 4.74 Å². The molecule has 0 saturated carbocycles. The molecule has 0 amide bonds. The molecular weight excluding hydrogens is 189 g/mol. The van der Waals surface area contributed by atoms with E-state index >= 15 is 0 Å². The minimum atomic E-state index is -4.83. The van der Waals surface area contributed by atoms with Crippen LogP contribution >= 0.6 is 0 Å². The lowest BCUT2D eigenvalue weighted by Crippen LogP contribution is -2.39. The summed E-state index contributed by atoms with van der Waals surface area (Å²) in [6, 6.07) is 0. The summed E-state index contributed by atoms with van der Waals surface area (Å²) >= 11 is 0. The van der Waals surface area contributed by atoms with Gasteiger partial charge >= 0.3 is 12.1 Å². The van der Waals surface area contributed by atoms with Crippen LogP contribution in [0.4, 0.5) is 13.2 Å². The first-order valence-corrected chi connectivity index (χ1v) is 3.80. The summed E-state index contributed by atoms with van der Waals surface area (Å²) in [6.07, 6.45) is -6.46. The van der Waals surface area contributed by atoms with Gasteiger partial charge < -0.3 is 9.84 Å². The Morgan fingerprint density at radius 2 is 2.08 bits per heavy atom. The lowest BCUT2D eigenvalue weighted by molar-refractivity contribution is -0.227. The molecule has 0 aliphatic rings. The summed E-state index contributed by atoms with van der Waals surface area (Å²) in [5.41, 5.74) is 0. The Labute approximate surface area is 73.5 Å². The highest BCUT2D eigenvalue weighted by Crippen LogP contribution is 2.23. The van der Waals surface area contributed by atoms with Gasteiger partial charge in [0.2, 0.25) is 0 Å². The summed E-state index contributed by atoms with van der Waals surface area (Å²) in [7, 11) is 0. The van der Waals surface area contributed by atoms with Crippen LogP contribution in [-0.4, -0.2) is 30.0 Å². The number of alkyl halides is 3. The smallest absolute Gasteiger partial charge is 0.425 e. The van der Waals surface area contributed by atoms with Crippen LogP contribution in [0.5, 0.6) is 0 Å². The highest BCUT2D eigenvalue weighted by atomic mass is 19.4. The highest BCUT2D eigenvalue weighted by molar-refractivity contribution is 5.73. The maximum atomic E-state index is 11.9. The van der Waals surface area contributed by atoms with Crippen LogP contribution in [0.25, 0.3) is 0 Å². The molecule has 1 atom stereocenters. The van der Waals surface area contributed by atoms with E-state index in [-0.39, 0.29) is 6.61 Å². The van der Waals surface area contributed by atoms with Crippen molar-refractivity contribution in [2.75, 3.05) is 6.61 Å². The first-order chi connectivity index (χ1) is 5.89. The molecule has 0 aromatic carbocycles. The molecule has 1 N–H and O–H groups in total. The molecule has 0 aromatic rings. The van der Waals surface area contributed by atoms with Gasteiger partial charge in [0.1, 0.15) is 0 Å². The molecule has 0 heterocycles. The van der Waals surface area contributed by atoms with E-state index < -0.39 is 18.2 Å². The second kappa shape index (κ2) is 5.06. The Hall–Kier alpha value is -0.780. The number of carboxylic acids is 1. The Bertz CT molecular complexity index is 167. The quantitative estimate of drug-likeness (QED) is 0.688. The standard InChI is InChI=1S/C7H11F3O3/c1-2-3-4-13-5(6(11)12)7(8,9)10/h5H,2-4H2,1H3,(H,11,12)/t5-/m0/s1. The van der Waals surface area contributed by atoms with Crippen molar-refractivity contribution in [1.82, 2.24) is 0 Å². The monoisotopic (exact) mass is 200 g/mol. The van der Waals surface area contributed by atoms with Gasteiger partial charge in [-0.05, 0) is 6.42 Å². The lowest BCUT2D eigenvalue weighted by Gasteiger charge is -2.16. The molecule has 78 valence electrons. The summed E-state index contributed by atoms with van der Waals surface area (Å²) in [5, 5.41) is 8.16. The molecule has 0 bridgehead atoms. The third-order valence-electron chi connectivity index (χ3n) is 1.30. The number of aliphatic carboxylic acids is 1. The number of rotatable bonds is 5. The second-order valence-corrected chi connectivity index (χ2v) is 2.48. The SMILES string of the molecule is CCCCO[C@@H](C(=O)O)C(F)(F)F. The van der Waals surface area contributed by atoms with Crippen LogP contribution in [0.3, 0.4) is 0 Å². The number of hydrogen-bond acceptors (Lipinski definition) is 2. The third kappa shape index (κ3) is 4.72. The highest BCUT2D eigenvalue weighted by Gasteiger charge is 2.46. The fourth-order valence-corrected chi connectivity index (χ4v) is 0.651. The van der Waals surface area contributed by atoms with Gasteiger partial charge in [0, 0.05) is 6.61 Å². The zero-order chi connectivity index (χ0) is 10.5. The van der Waals surface area contributed by atoms with Crippen LogP contribution in [0, 0.1) is 0 Å². The van der Waals surface area contributed by atoms with E-state index in [4.69, 9.17) is 5.11 Å². The fourth-order valence-electron chi connectivity index (χ4n) is 0.651. The normalized spacial score (nSPS) is 14.2. The van der Waals surface area contributed by atoms with Gasteiger partial charge in [-0.3, -0.25) is 0 Å². The van der Waals surface area contributed by atoms with Crippen molar-refractivity contribution in [3.63, 3.8) is 0 Å². The van der Waals surface area contributed by atoms with Crippen LogP contribution in [0.1, 0.15) is 19.8 Å². The van der Waals surface area contributed by atoms with Gasteiger partial charge in [-0.1, -0.05) is 13.3 Å². The van der Waals surface area contributed by atoms with Gasteiger partial charge in [0.25, 0.3) is 6.10 Å². The zero-order valence-electron chi connectivity index (χ0n) is 7.10. The number of ether oxygens (including phenoxy) is 1. The maximum Gasteiger partial charge on any atom is 0.425 e. The van der Waals surface area contributed by atoms with Crippen molar-refractivity contribution in [2.45, 2.75) is 32.0 Å². The largest absolute Gasteiger partial charge is 0.479 e. The summed E-state index contributed by atoms with van der Waals surface area (Å²) in [6.45, 7) is 1.58. The molecule has 0 aromatic heterocycles. The van der Waals surface area contributed by atoms with Crippen LogP contribution < -0.4 is 0 Å². The van der Waals surface area contributed by atoms with Crippen molar-refractivity contribution in [3.8, 4) is 0 Å². The van der Waals surface area contributed by atoms with Gasteiger partial charge in [0.15, 0.2) is 0 Å². The van der Waals surface area contributed by atoms with Crippen LogP contribution in [-0.2, 0) is 9.53 Å². The van der Waals surface area contributed by atoms with Gasteiger partial charge in [-0.25, -0.2) is 4.79 Å². The molecule has 0 radical (unpaired) electrons. The molecule has 0 aliphatic heterocycles. The average molecular weight is 200 g/mol. The maximum absolute atomic E-state index is 11.9. The zero-order valence-corrected chi connectivity index (χ0v) is 7.10. The predicted molar refractivity (Wildman–Crippen MR) is 38.3 cm³/mol. The fraction of sp³-hybridized carbons (Fsp3) is 0.857. The van der Waals surface area contributed by atoms with E-state index in [0.717, 1.165) is 0 Å². The second-order valence-electron chi connectivity index (χ2n) is 2.48. The van der Waals surface area contributed by atoms with Crippen LogP contribution in [0.2, 0.25) is 0 Å². The van der Waals surface area contributed by atoms with E-state index in [9.17, 15) is 18.0 Å². The van der Waals surface area contributed by atoms with E-state index in [0.29, 0.717) is 12.8 Å². The van der Waals surface area contributed by atoms with Crippen molar-refractivity contribution in [2.24, 2.45) is 0 Å². The summed E-state index contributed by atoms with van der Waals surface area (Å²) in [4.78, 5) is 10.1. The van der Waals surface area contributed by atoms with Crippen LogP contribution in [0.15, 0.2) is 0 Å². The molecule has 6 heteroatoms. The Morgan fingerprint density at radius 3 is 2.38 bits per heavy atom. The van der Waals surface area contributed by atoms with E-state index in [1.54, 1.807) is 6.92 Å². The molecule has 0 rings (SSSR count). The number of hydrogen-bond donors (Lipinski definition) is 1. The minimum Gasteiger partial charge on any atom is -0.479 e. The first-order valence-electron chi connectivity index (χ1n) is 3.80. The number of unbranched alkanes of at least 4 members (excludes halogenated alkanes) is 1. The van der Waals surface area contributed by atoms with Crippen molar-refractivity contribution in [3.05, 3.63) is 0 Å². The number of carboxylic acid groups (broad SMARTS) is 1. The summed E-state index contributed by atoms with van der Waals surface area (Å²) < 4.78 is 39.9. The first kappa shape index (κ1) is 12.2. The molecule has 0 aliphatic carbocycles. The summed E-state index contributed by atoms with van der Waals surface area (Å²) in [5.74, 6) is -2.00. The number of halogens is 3. The molecular formula is C7H11F3O3. The minimum absolute atomic E-state index is 0.188. The van der Waals surface area contributed by atoms with E-state index in [1.807, 2.05) is 0 Å². The molecule has 3 nitrogen and oxygen atoms in total. The topological polar surface area (TPSA) is 46.5 Å². The molecule has 13 heavy (non-hydrogen) atoms. The van der Waals surface area contributed by atoms with Crippen molar-refractivity contribution in [1.29, 1.82) is 0 Å². The Kier molecular flexibility index (Phi) is 4.76. The molecule has 0 fully saturated rings. The predicted octanol–water partition coefficient (Wildman–Crippen LogP) is 1.82. The Balaban J connectivity index is 4.04. The Morgan fingerprint density at radius 1 is 1.54 bits per heavy atom. The van der Waals surface area contributed by atoms with Gasteiger partial charge in [-0.2, -0.15) is 13.2 Å². The third-order valence-corrected chi connectivity index (χ3v) is 1.30. The van der Waals surface area contributed by atoms with E-state index in [1.165, 1.54) is 0 Å². The molecule has 0 unspecified atom stereocenters. The number of carbonyl (C=O) groups is 1. The molecule has 0 spiro atoms. The van der Waals surface area contributed by atoms with Crippen molar-refractivity contribution >= 4 is 5.97 Å². The molecule has 0 saturated heterocycles. The average Bonchev–Trinajstić information content (AvgIpc) is 1.94. The van der Waals surface area contributed by atoms with Crippen molar-refractivity contribution < 1.29 is 27.8 Å². The lowest BCUT2D eigenvalue weighted by atomic mass is 10.3. The van der Waals surface area contributed by atoms with Gasteiger partial charge in [0.05, 0.1) is 0 Å². The van der Waals surface area contributed by atoms with Gasteiger partial charge in [-0.15, -0.1) is 0 Å².